The molecule has 0 aliphatic heterocycles. The first-order valence-electron chi connectivity index (χ1n) is 10.2. The number of nitrogens with zero attached hydrogens (tertiary/aromatic N) is 3. The number of carbonyl (C=O) groups excluding carboxylic acids is 2. The van der Waals surface area contributed by atoms with Gasteiger partial charge in [-0.15, -0.1) is 5.10 Å². The standard InChI is InChI=1S/C20H24ClN5O3/c1-3-29-18(28)12-9-20(7-6-10(12)11-8-13(11)20)24-16-14-4-5-15(17(27)22-2)26(14)25-19(21)23-16/h4-5,10-13H,3,6-9H2,1-2H3,(H,22,27)(H,23,24,25). The molecule has 0 aromatic carbocycles. The molecule has 2 aromatic heterocycles. The van der Waals surface area contributed by atoms with Crippen molar-refractivity contribution in [2.24, 2.45) is 23.7 Å². The quantitative estimate of drug-likeness (QED) is 0.725. The first-order valence-corrected chi connectivity index (χ1v) is 10.6. The maximum atomic E-state index is 12.6. The summed E-state index contributed by atoms with van der Waals surface area (Å²) in [5, 5.41) is 10.5. The number of nitrogens with one attached hydrogen (secondary N) is 2. The molecule has 4 aliphatic rings. The van der Waals surface area contributed by atoms with Crippen molar-refractivity contribution in [2.75, 3.05) is 19.0 Å². The molecular formula is C20H24ClN5O3. The van der Waals surface area contributed by atoms with E-state index in [1.54, 1.807) is 13.1 Å². The molecule has 5 atom stereocenters. The van der Waals surface area contributed by atoms with Crippen molar-refractivity contribution in [1.82, 2.24) is 19.9 Å². The number of aromatic nitrogens is 3. The number of halogens is 1. The number of esters is 1. The van der Waals surface area contributed by atoms with E-state index in [2.05, 4.69) is 20.7 Å². The van der Waals surface area contributed by atoms with Gasteiger partial charge in [0, 0.05) is 12.6 Å². The lowest BCUT2D eigenvalue weighted by molar-refractivity contribution is -0.154. The minimum absolute atomic E-state index is 0.0662. The van der Waals surface area contributed by atoms with Crippen molar-refractivity contribution < 1.29 is 14.3 Å². The second-order valence-electron chi connectivity index (χ2n) is 8.38. The smallest absolute Gasteiger partial charge is 0.309 e. The number of anilines is 1. The predicted molar refractivity (Wildman–Crippen MR) is 107 cm³/mol. The van der Waals surface area contributed by atoms with Crippen molar-refractivity contribution >= 4 is 34.8 Å². The maximum Gasteiger partial charge on any atom is 0.309 e. The van der Waals surface area contributed by atoms with Gasteiger partial charge < -0.3 is 15.4 Å². The highest BCUT2D eigenvalue weighted by Gasteiger charge is 2.66. The molecule has 6 rings (SSSR count). The minimum atomic E-state index is -0.244. The number of amides is 1. The highest BCUT2D eigenvalue weighted by Crippen LogP contribution is 2.66. The van der Waals surface area contributed by atoms with Gasteiger partial charge in [-0.05, 0) is 74.1 Å². The van der Waals surface area contributed by atoms with E-state index in [1.165, 1.54) is 4.52 Å². The fraction of sp³-hybridized carbons (Fsp3) is 0.600. The number of hydrogen-bond acceptors (Lipinski definition) is 6. The Morgan fingerprint density at radius 2 is 2.21 bits per heavy atom. The molecule has 8 nitrogen and oxygen atoms in total. The molecule has 4 aliphatic carbocycles. The number of hydrogen-bond donors (Lipinski definition) is 2. The molecule has 0 radical (unpaired) electrons. The summed E-state index contributed by atoms with van der Waals surface area (Å²) in [7, 11) is 1.58. The van der Waals surface area contributed by atoms with Crippen LogP contribution in [-0.2, 0) is 9.53 Å². The van der Waals surface area contributed by atoms with Gasteiger partial charge in [0.2, 0.25) is 5.28 Å². The highest BCUT2D eigenvalue weighted by atomic mass is 35.5. The van der Waals surface area contributed by atoms with Crippen LogP contribution < -0.4 is 10.6 Å². The molecule has 5 unspecified atom stereocenters. The predicted octanol–water partition coefficient (Wildman–Crippen LogP) is 2.52. The van der Waals surface area contributed by atoms with Crippen LogP contribution in [0.3, 0.4) is 0 Å². The van der Waals surface area contributed by atoms with Crippen molar-refractivity contribution in [1.29, 1.82) is 0 Å². The first-order chi connectivity index (χ1) is 14.0. The molecule has 2 bridgehead atoms. The Morgan fingerprint density at radius 1 is 1.38 bits per heavy atom. The molecule has 1 amide bonds. The Labute approximate surface area is 173 Å². The van der Waals surface area contributed by atoms with Gasteiger partial charge >= 0.3 is 5.97 Å². The van der Waals surface area contributed by atoms with Crippen LogP contribution in [0.25, 0.3) is 5.52 Å². The molecule has 2 N–H and O–H groups in total. The summed E-state index contributed by atoms with van der Waals surface area (Å²) in [4.78, 5) is 29.2. The zero-order valence-electron chi connectivity index (χ0n) is 16.4. The van der Waals surface area contributed by atoms with Crippen LogP contribution >= 0.6 is 11.6 Å². The SMILES string of the molecule is CCOC(=O)C1CC2(Nc3nc(Cl)nn4c(C(=O)NC)ccc34)CCC1C1CC12. The maximum absolute atomic E-state index is 12.6. The summed E-state index contributed by atoms with van der Waals surface area (Å²) >= 11 is 6.20. The average Bonchev–Trinajstić information content (AvgIpc) is 3.44. The van der Waals surface area contributed by atoms with Gasteiger partial charge in [0.15, 0.2) is 5.82 Å². The van der Waals surface area contributed by atoms with Gasteiger partial charge in [0.1, 0.15) is 11.2 Å². The normalized spacial score (nSPS) is 32.0. The van der Waals surface area contributed by atoms with E-state index >= 15 is 0 Å². The third kappa shape index (κ3) is 2.79. The van der Waals surface area contributed by atoms with Gasteiger partial charge in [0.25, 0.3) is 5.91 Å². The Balaban J connectivity index is 1.51. The van der Waals surface area contributed by atoms with Crippen molar-refractivity contribution in [3.05, 3.63) is 23.1 Å². The van der Waals surface area contributed by atoms with E-state index in [9.17, 15) is 9.59 Å². The summed E-state index contributed by atoms with van der Waals surface area (Å²) < 4.78 is 6.89. The van der Waals surface area contributed by atoms with Gasteiger partial charge in [-0.1, -0.05) is 0 Å². The minimum Gasteiger partial charge on any atom is -0.466 e. The Hall–Kier alpha value is -2.35. The highest BCUT2D eigenvalue weighted by molar-refractivity contribution is 6.28. The van der Waals surface area contributed by atoms with Crippen molar-refractivity contribution in [3.8, 4) is 0 Å². The molecule has 0 saturated heterocycles. The van der Waals surface area contributed by atoms with Crippen LogP contribution in [0.5, 0.6) is 0 Å². The lowest BCUT2D eigenvalue weighted by Crippen LogP contribution is -2.54. The molecule has 2 aromatic rings. The van der Waals surface area contributed by atoms with Crippen LogP contribution in [0.1, 0.15) is 43.1 Å². The van der Waals surface area contributed by atoms with E-state index in [0.717, 1.165) is 25.7 Å². The summed E-state index contributed by atoms with van der Waals surface area (Å²) in [6.07, 6.45) is 3.88. The summed E-state index contributed by atoms with van der Waals surface area (Å²) in [5.74, 6) is 1.76. The van der Waals surface area contributed by atoms with E-state index in [1.807, 2.05) is 13.0 Å². The topological polar surface area (TPSA) is 97.6 Å². The second-order valence-corrected chi connectivity index (χ2v) is 8.71. The van der Waals surface area contributed by atoms with E-state index in [0.29, 0.717) is 41.4 Å². The summed E-state index contributed by atoms with van der Waals surface area (Å²) in [5.41, 5.74) is 0.889. The average molecular weight is 418 g/mol. The first kappa shape index (κ1) is 18.7. The zero-order chi connectivity index (χ0) is 20.3. The molecule has 154 valence electrons. The van der Waals surface area contributed by atoms with Crippen LogP contribution in [0, 0.1) is 23.7 Å². The molecule has 4 saturated carbocycles. The summed E-state index contributed by atoms with van der Waals surface area (Å²) in [6.45, 7) is 2.26. The molecular weight excluding hydrogens is 394 g/mol. The largest absolute Gasteiger partial charge is 0.466 e. The van der Waals surface area contributed by atoms with Gasteiger partial charge in [-0.25, -0.2) is 4.52 Å². The van der Waals surface area contributed by atoms with Crippen LogP contribution in [0.2, 0.25) is 5.28 Å². The lowest BCUT2D eigenvalue weighted by Gasteiger charge is -2.50. The van der Waals surface area contributed by atoms with Gasteiger partial charge in [-0.3, -0.25) is 9.59 Å². The number of ether oxygens (including phenoxy) is 1. The second kappa shape index (κ2) is 6.58. The van der Waals surface area contributed by atoms with Gasteiger partial charge in [0.05, 0.1) is 12.5 Å². The number of fused-ring (bicyclic) bond motifs is 3. The van der Waals surface area contributed by atoms with E-state index < -0.39 is 0 Å². The lowest BCUT2D eigenvalue weighted by atomic mass is 9.60. The van der Waals surface area contributed by atoms with E-state index in [-0.39, 0.29) is 28.6 Å². The van der Waals surface area contributed by atoms with Crippen LogP contribution in [-0.4, -0.2) is 45.7 Å². The third-order valence-electron chi connectivity index (χ3n) is 7.03. The van der Waals surface area contributed by atoms with Crippen molar-refractivity contribution in [2.45, 2.75) is 38.1 Å². The molecule has 0 spiro atoms. The molecule has 4 fully saturated rings. The zero-order valence-corrected chi connectivity index (χ0v) is 17.2. The Bertz CT molecular complexity index is 1010. The molecule has 29 heavy (non-hydrogen) atoms. The van der Waals surface area contributed by atoms with E-state index in [4.69, 9.17) is 16.3 Å². The fourth-order valence-corrected chi connectivity index (χ4v) is 5.92. The summed E-state index contributed by atoms with van der Waals surface area (Å²) in [6, 6.07) is 3.53. The fourth-order valence-electron chi connectivity index (χ4n) is 5.76. The Morgan fingerprint density at radius 3 is 2.97 bits per heavy atom. The van der Waals surface area contributed by atoms with Crippen molar-refractivity contribution in [3.63, 3.8) is 0 Å². The molecule has 2 heterocycles. The number of carbonyl (C=O) groups is 2. The molecule has 9 heteroatoms. The Kier molecular flexibility index (Phi) is 4.24. The number of rotatable bonds is 5. The van der Waals surface area contributed by atoms with Crippen LogP contribution in [0.4, 0.5) is 5.82 Å². The van der Waals surface area contributed by atoms with Gasteiger partial charge in [-0.2, -0.15) is 4.98 Å². The van der Waals surface area contributed by atoms with Crippen LogP contribution in [0.15, 0.2) is 12.1 Å². The third-order valence-corrected chi connectivity index (χ3v) is 7.19. The monoisotopic (exact) mass is 417 g/mol.